The van der Waals surface area contributed by atoms with E-state index in [1.165, 1.54) is 11.8 Å². The zero-order valence-corrected chi connectivity index (χ0v) is 11.7. The van der Waals surface area contributed by atoms with Gasteiger partial charge in [0.15, 0.2) is 0 Å². The average Bonchev–Trinajstić information content (AvgIpc) is 2.89. The van der Waals surface area contributed by atoms with Gasteiger partial charge in [-0.2, -0.15) is 0 Å². The van der Waals surface area contributed by atoms with E-state index in [-0.39, 0.29) is 5.91 Å². The minimum atomic E-state index is -0.327. The number of nitrogen functional groups attached to an aromatic ring is 1. The Balaban J connectivity index is 1.75. The molecule has 0 aliphatic heterocycles. The highest BCUT2D eigenvalue weighted by atomic mass is 32.2. The van der Waals surface area contributed by atoms with Gasteiger partial charge in [-0.05, 0) is 31.2 Å². The van der Waals surface area contributed by atoms with Crippen molar-refractivity contribution in [1.29, 1.82) is 0 Å². The third-order valence-corrected chi connectivity index (χ3v) is 3.22. The van der Waals surface area contributed by atoms with Gasteiger partial charge in [-0.3, -0.25) is 15.3 Å². The zero-order valence-electron chi connectivity index (χ0n) is 10.9. The van der Waals surface area contributed by atoms with Crippen molar-refractivity contribution in [1.82, 2.24) is 20.6 Å². The Bertz CT molecular complexity index is 569. The van der Waals surface area contributed by atoms with Crippen molar-refractivity contribution in [2.45, 2.75) is 12.1 Å². The number of aromatic amines is 1. The summed E-state index contributed by atoms with van der Waals surface area (Å²) in [4.78, 5) is 15.4. The van der Waals surface area contributed by atoms with Crippen LogP contribution in [0.2, 0.25) is 0 Å². The Morgan fingerprint density at radius 1 is 1.45 bits per heavy atom. The Kier molecular flexibility index (Phi) is 4.97. The highest BCUT2D eigenvalue weighted by Gasteiger charge is 2.04. The molecule has 7 nitrogen and oxygen atoms in total. The number of rotatable bonds is 6. The van der Waals surface area contributed by atoms with Crippen LogP contribution in [0.15, 0.2) is 29.4 Å². The van der Waals surface area contributed by atoms with Crippen LogP contribution >= 0.6 is 11.8 Å². The number of carbonyl (C=O) groups is 1. The van der Waals surface area contributed by atoms with E-state index in [2.05, 4.69) is 20.6 Å². The number of thioether (sulfide) groups is 1. The van der Waals surface area contributed by atoms with Crippen molar-refractivity contribution >= 4 is 17.7 Å². The lowest BCUT2D eigenvalue weighted by atomic mass is 10.2. The Hall–Kier alpha value is -2.06. The number of nitrogens with one attached hydrogen (secondary N) is 2. The van der Waals surface area contributed by atoms with Crippen LogP contribution in [0.1, 0.15) is 16.2 Å². The van der Waals surface area contributed by atoms with Crippen molar-refractivity contribution in [3.8, 4) is 5.75 Å². The SMILES string of the molecule is Cc1nc(SCCOc2ccc(C(=O)NN)cc2)n[nH]1. The first-order valence-corrected chi connectivity index (χ1v) is 6.93. The van der Waals surface area contributed by atoms with Crippen molar-refractivity contribution in [2.75, 3.05) is 12.4 Å². The van der Waals surface area contributed by atoms with Gasteiger partial charge in [0, 0.05) is 11.3 Å². The molecule has 8 heteroatoms. The van der Waals surface area contributed by atoms with Gasteiger partial charge in [0.1, 0.15) is 11.6 Å². The molecule has 0 saturated heterocycles. The molecule has 1 aromatic carbocycles. The van der Waals surface area contributed by atoms with Gasteiger partial charge in [-0.25, -0.2) is 10.8 Å². The van der Waals surface area contributed by atoms with Crippen LogP contribution in [-0.4, -0.2) is 33.4 Å². The van der Waals surface area contributed by atoms with Crippen LogP contribution in [-0.2, 0) is 0 Å². The summed E-state index contributed by atoms with van der Waals surface area (Å²) in [7, 11) is 0. The summed E-state index contributed by atoms with van der Waals surface area (Å²) in [6.07, 6.45) is 0. The Morgan fingerprint density at radius 3 is 2.80 bits per heavy atom. The third kappa shape index (κ3) is 3.97. The summed E-state index contributed by atoms with van der Waals surface area (Å²) >= 11 is 1.51. The molecule has 1 amide bonds. The lowest BCUT2D eigenvalue weighted by Gasteiger charge is -2.05. The number of hydrazine groups is 1. The molecular weight excluding hydrogens is 278 g/mol. The quantitative estimate of drug-likeness (QED) is 0.240. The number of amides is 1. The van der Waals surface area contributed by atoms with Crippen LogP contribution < -0.4 is 16.0 Å². The fourth-order valence-electron chi connectivity index (χ4n) is 1.47. The third-order valence-electron chi connectivity index (χ3n) is 2.41. The van der Waals surface area contributed by atoms with Gasteiger partial charge in [0.2, 0.25) is 5.16 Å². The van der Waals surface area contributed by atoms with Gasteiger partial charge in [-0.15, -0.1) is 5.10 Å². The highest BCUT2D eigenvalue weighted by Crippen LogP contribution is 2.15. The first-order valence-electron chi connectivity index (χ1n) is 5.94. The normalized spacial score (nSPS) is 10.3. The fraction of sp³-hybridized carbons (Fsp3) is 0.250. The standard InChI is InChI=1S/C12H15N5O2S/c1-8-14-12(17-16-8)20-7-6-19-10-4-2-9(3-5-10)11(18)15-13/h2-5H,6-7,13H2,1H3,(H,15,18)(H,14,16,17). The summed E-state index contributed by atoms with van der Waals surface area (Å²) in [5.41, 5.74) is 2.56. The van der Waals surface area contributed by atoms with Crippen molar-refractivity contribution in [3.05, 3.63) is 35.7 Å². The Morgan fingerprint density at radius 2 is 2.20 bits per heavy atom. The number of ether oxygens (including phenoxy) is 1. The van der Waals surface area contributed by atoms with Crippen LogP contribution in [0.5, 0.6) is 5.75 Å². The maximum Gasteiger partial charge on any atom is 0.265 e. The molecular formula is C12H15N5O2S. The molecule has 20 heavy (non-hydrogen) atoms. The highest BCUT2D eigenvalue weighted by molar-refractivity contribution is 7.99. The van der Waals surface area contributed by atoms with Crippen LogP contribution in [0.3, 0.4) is 0 Å². The number of hydrogen-bond donors (Lipinski definition) is 3. The smallest absolute Gasteiger partial charge is 0.265 e. The second-order valence-corrected chi connectivity index (χ2v) is 4.96. The second kappa shape index (κ2) is 6.92. The number of aryl methyl sites for hydroxylation is 1. The maximum atomic E-state index is 11.2. The molecule has 0 atom stereocenters. The molecule has 2 aromatic rings. The van der Waals surface area contributed by atoms with Gasteiger partial charge in [-0.1, -0.05) is 11.8 Å². The van der Waals surface area contributed by atoms with Crippen molar-refractivity contribution in [3.63, 3.8) is 0 Å². The van der Waals surface area contributed by atoms with E-state index in [1.54, 1.807) is 24.3 Å². The number of aromatic nitrogens is 3. The average molecular weight is 293 g/mol. The van der Waals surface area contributed by atoms with Gasteiger partial charge in [0.05, 0.1) is 6.61 Å². The Labute approximate surface area is 120 Å². The van der Waals surface area contributed by atoms with Gasteiger partial charge in [0.25, 0.3) is 5.91 Å². The van der Waals surface area contributed by atoms with E-state index < -0.39 is 0 Å². The molecule has 0 unspecified atom stereocenters. The molecule has 0 spiro atoms. The minimum absolute atomic E-state index is 0.327. The summed E-state index contributed by atoms with van der Waals surface area (Å²) < 4.78 is 5.55. The predicted octanol–water partition coefficient (Wildman–Crippen LogP) is 0.888. The maximum absolute atomic E-state index is 11.2. The molecule has 0 radical (unpaired) electrons. The number of carbonyl (C=O) groups excluding carboxylic acids is 1. The molecule has 2 rings (SSSR count). The minimum Gasteiger partial charge on any atom is -0.493 e. The summed E-state index contributed by atoms with van der Waals surface area (Å²) in [6, 6.07) is 6.77. The molecule has 1 heterocycles. The summed E-state index contributed by atoms with van der Waals surface area (Å²) in [5.74, 6) is 6.95. The van der Waals surface area contributed by atoms with Crippen LogP contribution in [0.25, 0.3) is 0 Å². The number of nitrogens with two attached hydrogens (primary N) is 1. The summed E-state index contributed by atoms with van der Waals surface area (Å²) in [5, 5.41) is 7.50. The molecule has 0 bridgehead atoms. The molecule has 0 aliphatic rings. The van der Waals surface area contributed by atoms with E-state index >= 15 is 0 Å². The number of H-pyrrole nitrogens is 1. The monoisotopic (exact) mass is 293 g/mol. The molecule has 0 saturated carbocycles. The van der Waals surface area contributed by atoms with E-state index in [0.717, 1.165) is 11.6 Å². The lowest BCUT2D eigenvalue weighted by molar-refractivity contribution is 0.0953. The van der Waals surface area contributed by atoms with Gasteiger partial charge >= 0.3 is 0 Å². The predicted molar refractivity (Wildman–Crippen MR) is 75.4 cm³/mol. The molecule has 1 aromatic heterocycles. The number of benzene rings is 1. The zero-order chi connectivity index (χ0) is 14.4. The van der Waals surface area contributed by atoms with Crippen molar-refractivity contribution in [2.24, 2.45) is 5.84 Å². The number of nitrogens with zero attached hydrogens (tertiary/aromatic N) is 2. The second-order valence-electron chi connectivity index (χ2n) is 3.90. The molecule has 0 fully saturated rings. The van der Waals surface area contributed by atoms with Crippen LogP contribution in [0.4, 0.5) is 0 Å². The topological polar surface area (TPSA) is 106 Å². The fourth-order valence-corrected chi connectivity index (χ4v) is 2.13. The van der Waals surface area contributed by atoms with Crippen molar-refractivity contribution < 1.29 is 9.53 Å². The largest absolute Gasteiger partial charge is 0.493 e. The molecule has 0 aliphatic carbocycles. The van der Waals surface area contributed by atoms with E-state index in [4.69, 9.17) is 10.6 Å². The van der Waals surface area contributed by atoms with Gasteiger partial charge < -0.3 is 4.74 Å². The van der Waals surface area contributed by atoms with E-state index in [0.29, 0.717) is 23.1 Å². The van der Waals surface area contributed by atoms with Crippen LogP contribution in [0, 0.1) is 6.92 Å². The molecule has 106 valence electrons. The summed E-state index contributed by atoms with van der Waals surface area (Å²) in [6.45, 7) is 2.38. The molecule has 4 N–H and O–H groups in total. The number of hydrogen-bond acceptors (Lipinski definition) is 6. The first-order chi connectivity index (χ1) is 9.69. The lowest BCUT2D eigenvalue weighted by Crippen LogP contribution is -2.29. The van der Waals surface area contributed by atoms with E-state index in [1.807, 2.05) is 6.92 Å². The van der Waals surface area contributed by atoms with E-state index in [9.17, 15) is 4.79 Å². The first kappa shape index (κ1) is 14.4.